The Morgan fingerprint density at radius 2 is 2.00 bits per heavy atom. The predicted octanol–water partition coefficient (Wildman–Crippen LogP) is 4.26. The SMILES string of the molecule is CC/C(C)=N\Nc1nc2sc(C)c(C)c2c(=O)n1-c1ccccc1. The summed E-state index contributed by atoms with van der Waals surface area (Å²) in [5, 5.41) is 5.01. The molecule has 0 atom stereocenters. The Kier molecular flexibility index (Phi) is 4.49. The second-order valence-electron chi connectivity index (χ2n) is 5.69. The summed E-state index contributed by atoms with van der Waals surface area (Å²) in [6.45, 7) is 7.96. The first kappa shape index (κ1) is 16.4. The molecule has 0 fully saturated rings. The Labute approximate surface area is 144 Å². The molecule has 5 nitrogen and oxygen atoms in total. The molecule has 0 unspecified atom stereocenters. The van der Waals surface area contributed by atoms with Crippen molar-refractivity contribution >= 4 is 33.2 Å². The molecule has 0 amide bonds. The van der Waals surface area contributed by atoms with Gasteiger partial charge in [-0.05, 0) is 44.9 Å². The first-order chi connectivity index (χ1) is 11.5. The van der Waals surface area contributed by atoms with E-state index in [0.717, 1.165) is 33.1 Å². The number of fused-ring (bicyclic) bond motifs is 1. The number of hydrazone groups is 1. The number of anilines is 1. The second kappa shape index (κ2) is 6.57. The van der Waals surface area contributed by atoms with Crippen molar-refractivity contribution in [3.8, 4) is 5.69 Å². The summed E-state index contributed by atoms with van der Waals surface area (Å²) in [5.74, 6) is 0.438. The maximum Gasteiger partial charge on any atom is 0.268 e. The molecule has 0 aliphatic rings. The summed E-state index contributed by atoms with van der Waals surface area (Å²) in [5.41, 5.74) is 5.62. The molecule has 3 rings (SSSR count). The minimum Gasteiger partial charge on any atom is -0.268 e. The van der Waals surface area contributed by atoms with Crippen LogP contribution in [0.3, 0.4) is 0 Å². The quantitative estimate of drug-likeness (QED) is 0.570. The molecule has 0 saturated heterocycles. The van der Waals surface area contributed by atoms with Gasteiger partial charge in [0, 0.05) is 10.6 Å². The van der Waals surface area contributed by atoms with Gasteiger partial charge in [-0.1, -0.05) is 25.1 Å². The van der Waals surface area contributed by atoms with Crippen LogP contribution in [0.2, 0.25) is 0 Å². The number of hydrogen-bond donors (Lipinski definition) is 1. The third-order valence-electron chi connectivity index (χ3n) is 4.08. The summed E-state index contributed by atoms with van der Waals surface area (Å²) >= 11 is 1.54. The number of nitrogens with one attached hydrogen (secondary N) is 1. The molecule has 2 aromatic heterocycles. The lowest BCUT2D eigenvalue weighted by molar-refractivity contribution is 0.955. The Bertz CT molecular complexity index is 970. The standard InChI is InChI=1S/C18H20N4OS/c1-5-11(2)20-21-18-19-16-15(12(3)13(4)24-16)17(23)22(18)14-9-7-6-8-10-14/h6-10H,5H2,1-4H3,(H,19,21)/b20-11-. The number of para-hydroxylation sites is 1. The van der Waals surface area contributed by atoms with Gasteiger partial charge in [-0.3, -0.25) is 4.79 Å². The zero-order valence-corrected chi connectivity index (χ0v) is 15.1. The Morgan fingerprint density at radius 3 is 2.67 bits per heavy atom. The molecular weight excluding hydrogens is 320 g/mol. The molecule has 1 N–H and O–H groups in total. The van der Waals surface area contributed by atoms with E-state index >= 15 is 0 Å². The third-order valence-corrected chi connectivity index (χ3v) is 5.18. The van der Waals surface area contributed by atoms with Crippen LogP contribution in [0.25, 0.3) is 15.9 Å². The largest absolute Gasteiger partial charge is 0.268 e. The molecule has 3 aromatic rings. The zero-order chi connectivity index (χ0) is 17.3. The normalized spacial score (nSPS) is 11.9. The van der Waals surface area contributed by atoms with E-state index in [1.807, 2.05) is 58.0 Å². The van der Waals surface area contributed by atoms with Crippen LogP contribution in [0.1, 0.15) is 30.7 Å². The summed E-state index contributed by atoms with van der Waals surface area (Å²) < 4.78 is 1.59. The Balaban J connectivity index is 2.30. The highest BCUT2D eigenvalue weighted by Crippen LogP contribution is 2.28. The van der Waals surface area contributed by atoms with Crippen molar-refractivity contribution < 1.29 is 0 Å². The van der Waals surface area contributed by atoms with Gasteiger partial charge in [-0.25, -0.2) is 15.0 Å². The summed E-state index contributed by atoms with van der Waals surface area (Å²) in [6.07, 6.45) is 0.835. The lowest BCUT2D eigenvalue weighted by atomic mass is 10.2. The number of nitrogens with zero attached hydrogens (tertiary/aromatic N) is 3. The number of aryl methyl sites for hydroxylation is 2. The van der Waals surface area contributed by atoms with Crippen molar-refractivity contribution in [1.82, 2.24) is 9.55 Å². The maximum atomic E-state index is 13.1. The number of benzene rings is 1. The van der Waals surface area contributed by atoms with Crippen molar-refractivity contribution in [1.29, 1.82) is 0 Å². The second-order valence-corrected chi connectivity index (χ2v) is 6.89. The summed E-state index contributed by atoms with van der Waals surface area (Å²) in [7, 11) is 0. The van der Waals surface area contributed by atoms with Gasteiger partial charge in [-0.2, -0.15) is 5.10 Å². The molecule has 2 heterocycles. The first-order valence-electron chi connectivity index (χ1n) is 7.90. The van der Waals surface area contributed by atoms with Gasteiger partial charge in [0.2, 0.25) is 5.95 Å². The van der Waals surface area contributed by atoms with Gasteiger partial charge in [0.1, 0.15) is 4.83 Å². The highest BCUT2D eigenvalue weighted by molar-refractivity contribution is 7.18. The van der Waals surface area contributed by atoms with Crippen LogP contribution in [0, 0.1) is 13.8 Å². The van der Waals surface area contributed by atoms with Crippen LogP contribution in [-0.4, -0.2) is 15.3 Å². The van der Waals surface area contributed by atoms with Gasteiger partial charge in [0.25, 0.3) is 5.56 Å². The van der Waals surface area contributed by atoms with Crippen LogP contribution in [0.4, 0.5) is 5.95 Å². The van der Waals surface area contributed by atoms with Crippen LogP contribution in [0.5, 0.6) is 0 Å². The topological polar surface area (TPSA) is 59.3 Å². The predicted molar refractivity (Wildman–Crippen MR) is 102 cm³/mol. The smallest absolute Gasteiger partial charge is 0.268 e. The van der Waals surface area contributed by atoms with E-state index in [1.165, 1.54) is 11.3 Å². The molecule has 0 radical (unpaired) electrons. The van der Waals surface area contributed by atoms with E-state index in [9.17, 15) is 4.79 Å². The fraction of sp³-hybridized carbons (Fsp3) is 0.278. The van der Waals surface area contributed by atoms with Crippen LogP contribution in [0.15, 0.2) is 40.2 Å². The van der Waals surface area contributed by atoms with Gasteiger partial charge >= 0.3 is 0 Å². The molecule has 6 heteroatoms. The molecule has 1 aromatic carbocycles. The highest BCUT2D eigenvalue weighted by atomic mass is 32.1. The minimum absolute atomic E-state index is 0.0695. The third kappa shape index (κ3) is 2.85. The fourth-order valence-electron chi connectivity index (χ4n) is 2.41. The molecular formula is C18H20N4OS. The molecule has 0 aliphatic carbocycles. The van der Waals surface area contributed by atoms with Crippen molar-refractivity contribution in [2.75, 3.05) is 5.43 Å². The van der Waals surface area contributed by atoms with E-state index in [4.69, 9.17) is 0 Å². The van der Waals surface area contributed by atoms with Gasteiger partial charge < -0.3 is 0 Å². The fourth-order valence-corrected chi connectivity index (χ4v) is 3.43. The molecule has 0 spiro atoms. The first-order valence-corrected chi connectivity index (χ1v) is 8.72. The highest BCUT2D eigenvalue weighted by Gasteiger charge is 2.17. The zero-order valence-electron chi connectivity index (χ0n) is 14.3. The van der Waals surface area contributed by atoms with Crippen molar-refractivity contribution in [3.05, 3.63) is 51.1 Å². The monoisotopic (exact) mass is 340 g/mol. The Hall–Kier alpha value is -2.47. The van der Waals surface area contributed by atoms with E-state index < -0.39 is 0 Å². The number of rotatable bonds is 4. The average molecular weight is 340 g/mol. The van der Waals surface area contributed by atoms with Crippen molar-refractivity contribution in [2.45, 2.75) is 34.1 Å². The molecule has 0 aliphatic heterocycles. The van der Waals surface area contributed by atoms with Crippen LogP contribution in [-0.2, 0) is 0 Å². The van der Waals surface area contributed by atoms with Crippen molar-refractivity contribution in [3.63, 3.8) is 0 Å². The van der Waals surface area contributed by atoms with Gasteiger partial charge in [-0.15, -0.1) is 11.3 Å². The average Bonchev–Trinajstić information content (AvgIpc) is 2.88. The maximum absolute atomic E-state index is 13.1. The summed E-state index contributed by atoms with van der Waals surface area (Å²) in [6, 6.07) is 9.52. The molecule has 0 saturated carbocycles. The van der Waals surface area contributed by atoms with E-state index in [0.29, 0.717) is 11.3 Å². The lowest BCUT2D eigenvalue weighted by Crippen LogP contribution is -2.22. The number of aromatic nitrogens is 2. The van der Waals surface area contributed by atoms with Gasteiger partial charge in [0.15, 0.2) is 0 Å². The van der Waals surface area contributed by atoms with Crippen LogP contribution < -0.4 is 11.0 Å². The van der Waals surface area contributed by atoms with Crippen LogP contribution >= 0.6 is 11.3 Å². The van der Waals surface area contributed by atoms with E-state index in [1.54, 1.807) is 4.57 Å². The van der Waals surface area contributed by atoms with E-state index in [2.05, 4.69) is 15.5 Å². The van der Waals surface area contributed by atoms with Crippen molar-refractivity contribution in [2.24, 2.45) is 5.10 Å². The minimum atomic E-state index is -0.0695. The Morgan fingerprint density at radius 1 is 1.29 bits per heavy atom. The summed E-state index contributed by atoms with van der Waals surface area (Å²) in [4.78, 5) is 19.7. The van der Waals surface area contributed by atoms with Gasteiger partial charge in [0.05, 0.1) is 11.1 Å². The number of thiophene rings is 1. The number of hydrogen-bond acceptors (Lipinski definition) is 5. The molecule has 24 heavy (non-hydrogen) atoms. The molecule has 124 valence electrons. The molecule has 0 bridgehead atoms. The van der Waals surface area contributed by atoms with E-state index in [-0.39, 0.29) is 5.56 Å². The lowest BCUT2D eigenvalue weighted by Gasteiger charge is -2.12.